The van der Waals surface area contributed by atoms with Gasteiger partial charge in [-0.05, 0) is 38.5 Å². The third-order valence-corrected chi connectivity index (χ3v) is 5.24. The molecule has 4 rings (SSSR count). The molecular formula is C21H24N6O3. The Morgan fingerprint density at radius 1 is 1.10 bits per heavy atom. The zero-order valence-corrected chi connectivity index (χ0v) is 17.1. The van der Waals surface area contributed by atoms with Gasteiger partial charge >= 0.3 is 0 Å². The number of carbonyl (C=O) groups excluding carboxylic acids is 2. The zero-order valence-electron chi connectivity index (χ0n) is 17.1. The third-order valence-electron chi connectivity index (χ3n) is 5.24. The second-order valence-electron chi connectivity index (χ2n) is 7.20. The molecule has 1 aliphatic rings. The SMILES string of the molecule is CCn1ccc(C(=O)N2CCC(c3nc(C)no3)N(C(=O)c3ccccc3)CC2)n1. The van der Waals surface area contributed by atoms with Gasteiger partial charge in [0.2, 0.25) is 5.89 Å². The second-order valence-corrected chi connectivity index (χ2v) is 7.20. The van der Waals surface area contributed by atoms with E-state index in [-0.39, 0.29) is 11.8 Å². The summed E-state index contributed by atoms with van der Waals surface area (Å²) < 4.78 is 7.12. The normalized spacial score (nSPS) is 17.1. The highest BCUT2D eigenvalue weighted by molar-refractivity contribution is 5.95. The Morgan fingerprint density at radius 2 is 1.90 bits per heavy atom. The van der Waals surface area contributed by atoms with Gasteiger partial charge in [-0.1, -0.05) is 23.4 Å². The molecule has 156 valence electrons. The lowest BCUT2D eigenvalue weighted by Gasteiger charge is -2.27. The van der Waals surface area contributed by atoms with Crippen LogP contribution in [0.25, 0.3) is 0 Å². The van der Waals surface area contributed by atoms with Crippen molar-refractivity contribution in [2.24, 2.45) is 0 Å². The highest BCUT2D eigenvalue weighted by Crippen LogP contribution is 2.28. The number of carbonyl (C=O) groups is 2. The molecule has 30 heavy (non-hydrogen) atoms. The summed E-state index contributed by atoms with van der Waals surface area (Å²) in [7, 11) is 0. The summed E-state index contributed by atoms with van der Waals surface area (Å²) in [5.41, 5.74) is 0.991. The molecule has 1 unspecified atom stereocenters. The van der Waals surface area contributed by atoms with Gasteiger partial charge < -0.3 is 14.3 Å². The Labute approximate surface area is 174 Å². The number of amides is 2. The molecule has 2 amide bonds. The molecular weight excluding hydrogens is 384 g/mol. The van der Waals surface area contributed by atoms with Crippen LogP contribution in [0, 0.1) is 6.92 Å². The van der Waals surface area contributed by atoms with Gasteiger partial charge in [0, 0.05) is 37.9 Å². The van der Waals surface area contributed by atoms with Crippen molar-refractivity contribution in [1.29, 1.82) is 0 Å². The molecule has 0 aliphatic carbocycles. The molecule has 3 heterocycles. The smallest absolute Gasteiger partial charge is 0.274 e. The molecule has 9 nitrogen and oxygen atoms in total. The summed E-state index contributed by atoms with van der Waals surface area (Å²) in [4.78, 5) is 34.0. The number of benzene rings is 1. The summed E-state index contributed by atoms with van der Waals surface area (Å²) in [5, 5.41) is 8.21. The molecule has 0 bridgehead atoms. The fourth-order valence-corrected chi connectivity index (χ4v) is 3.64. The summed E-state index contributed by atoms with van der Waals surface area (Å²) in [6.45, 7) is 5.64. The fourth-order valence-electron chi connectivity index (χ4n) is 3.64. The van der Waals surface area contributed by atoms with Crippen molar-refractivity contribution in [2.45, 2.75) is 32.9 Å². The molecule has 1 saturated heterocycles. The maximum Gasteiger partial charge on any atom is 0.274 e. The van der Waals surface area contributed by atoms with Crippen LogP contribution in [0.2, 0.25) is 0 Å². The summed E-state index contributed by atoms with van der Waals surface area (Å²) in [6, 6.07) is 10.4. The van der Waals surface area contributed by atoms with E-state index in [4.69, 9.17) is 4.52 Å². The number of aryl methyl sites for hydroxylation is 2. The Morgan fingerprint density at radius 3 is 2.57 bits per heavy atom. The molecule has 9 heteroatoms. The van der Waals surface area contributed by atoms with Crippen molar-refractivity contribution in [3.8, 4) is 0 Å². The molecule has 0 N–H and O–H groups in total. The van der Waals surface area contributed by atoms with Gasteiger partial charge in [-0.15, -0.1) is 0 Å². The van der Waals surface area contributed by atoms with Crippen molar-refractivity contribution in [1.82, 2.24) is 29.7 Å². The Kier molecular flexibility index (Phi) is 5.60. The topological polar surface area (TPSA) is 97.4 Å². The third kappa shape index (κ3) is 3.96. The van der Waals surface area contributed by atoms with E-state index in [1.807, 2.05) is 25.1 Å². The Bertz CT molecular complexity index is 1030. The molecule has 2 aromatic heterocycles. The number of nitrogens with zero attached hydrogens (tertiary/aromatic N) is 6. The molecule has 1 aromatic carbocycles. The van der Waals surface area contributed by atoms with E-state index < -0.39 is 6.04 Å². The van der Waals surface area contributed by atoms with Crippen LogP contribution < -0.4 is 0 Å². The van der Waals surface area contributed by atoms with Gasteiger partial charge in [0.05, 0.1) is 0 Å². The van der Waals surface area contributed by atoms with Crippen molar-refractivity contribution >= 4 is 11.8 Å². The Balaban J connectivity index is 1.59. The first kappa shape index (κ1) is 19.8. The summed E-state index contributed by atoms with van der Waals surface area (Å²) in [6.07, 6.45) is 2.29. The van der Waals surface area contributed by atoms with Crippen LogP contribution >= 0.6 is 0 Å². The first-order valence-corrected chi connectivity index (χ1v) is 10.1. The van der Waals surface area contributed by atoms with Crippen LogP contribution in [-0.2, 0) is 6.54 Å². The molecule has 1 fully saturated rings. The maximum absolute atomic E-state index is 13.2. The van der Waals surface area contributed by atoms with Crippen LogP contribution in [0.3, 0.4) is 0 Å². The van der Waals surface area contributed by atoms with Crippen molar-refractivity contribution in [3.63, 3.8) is 0 Å². The first-order valence-electron chi connectivity index (χ1n) is 10.1. The van der Waals surface area contributed by atoms with E-state index in [0.29, 0.717) is 55.6 Å². The fraction of sp³-hybridized carbons (Fsp3) is 0.381. The van der Waals surface area contributed by atoms with Crippen LogP contribution in [0.15, 0.2) is 47.1 Å². The quantitative estimate of drug-likeness (QED) is 0.657. The average molecular weight is 408 g/mol. The predicted octanol–water partition coefficient (Wildman–Crippen LogP) is 2.32. The van der Waals surface area contributed by atoms with Crippen LogP contribution in [0.4, 0.5) is 0 Å². The minimum absolute atomic E-state index is 0.124. The van der Waals surface area contributed by atoms with Gasteiger partial charge in [0.15, 0.2) is 5.82 Å². The highest BCUT2D eigenvalue weighted by Gasteiger charge is 2.34. The van der Waals surface area contributed by atoms with Crippen molar-refractivity contribution in [3.05, 3.63) is 65.6 Å². The Hall–Kier alpha value is -3.49. The van der Waals surface area contributed by atoms with E-state index in [0.717, 1.165) is 0 Å². The minimum atomic E-state index is -0.398. The van der Waals surface area contributed by atoms with Gasteiger partial charge in [-0.25, -0.2) is 0 Å². The van der Waals surface area contributed by atoms with Crippen LogP contribution in [0.5, 0.6) is 0 Å². The zero-order chi connectivity index (χ0) is 21.1. The van der Waals surface area contributed by atoms with Crippen molar-refractivity contribution < 1.29 is 14.1 Å². The average Bonchev–Trinajstić information content (AvgIpc) is 3.37. The number of hydrogen-bond donors (Lipinski definition) is 0. The largest absolute Gasteiger partial charge is 0.337 e. The van der Waals surface area contributed by atoms with Crippen molar-refractivity contribution in [2.75, 3.05) is 19.6 Å². The van der Waals surface area contributed by atoms with E-state index in [2.05, 4.69) is 15.2 Å². The molecule has 0 radical (unpaired) electrons. The standard InChI is InChI=1S/C21H24N6O3/c1-3-26-12-9-17(23-26)21(29)25-11-10-18(19-22-15(2)24-30-19)27(14-13-25)20(28)16-7-5-4-6-8-16/h4-9,12,18H,3,10-11,13-14H2,1-2H3. The lowest BCUT2D eigenvalue weighted by molar-refractivity contribution is 0.0641. The monoisotopic (exact) mass is 408 g/mol. The van der Waals surface area contributed by atoms with Crippen LogP contribution in [-0.4, -0.2) is 61.2 Å². The first-order chi connectivity index (χ1) is 14.6. The highest BCUT2D eigenvalue weighted by atomic mass is 16.5. The van der Waals surface area contributed by atoms with Crippen LogP contribution in [0.1, 0.15) is 51.9 Å². The molecule has 0 saturated carbocycles. The lowest BCUT2D eigenvalue weighted by atomic mass is 10.1. The van der Waals surface area contributed by atoms with Gasteiger partial charge in [-0.3, -0.25) is 14.3 Å². The van der Waals surface area contributed by atoms with E-state index in [1.54, 1.807) is 45.8 Å². The van der Waals surface area contributed by atoms with E-state index >= 15 is 0 Å². The molecule has 1 aliphatic heterocycles. The number of aromatic nitrogens is 4. The molecule has 3 aromatic rings. The van der Waals surface area contributed by atoms with Gasteiger partial charge in [0.25, 0.3) is 11.8 Å². The molecule has 1 atom stereocenters. The minimum Gasteiger partial charge on any atom is -0.337 e. The van der Waals surface area contributed by atoms with E-state index in [1.165, 1.54) is 0 Å². The molecule has 0 spiro atoms. The number of rotatable bonds is 4. The lowest BCUT2D eigenvalue weighted by Crippen LogP contribution is -2.38. The summed E-state index contributed by atoms with van der Waals surface area (Å²) >= 11 is 0. The van der Waals surface area contributed by atoms with E-state index in [9.17, 15) is 9.59 Å². The summed E-state index contributed by atoms with van der Waals surface area (Å²) in [5.74, 6) is 0.637. The van der Waals surface area contributed by atoms with Gasteiger partial charge in [-0.2, -0.15) is 10.1 Å². The predicted molar refractivity (Wildman–Crippen MR) is 108 cm³/mol. The number of hydrogen-bond acceptors (Lipinski definition) is 6. The van der Waals surface area contributed by atoms with Gasteiger partial charge in [0.1, 0.15) is 11.7 Å². The maximum atomic E-state index is 13.2. The second kappa shape index (κ2) is 8.48.